The molecule has 1 aromatic rings. The van der Waals surface area contributed by atoms with Gasteiger partial charge in [0.25, 0.3) is 5.91 Å². The summed E-state index contributed by atoms with van der Waals surface area (Å²) in [6, 6.07) is 0. The maximum atomic E-state index is 11.5. The summed E-state index contributed by atoms with van der Waals surface area (Å²) in [5.41, 5.74) is 6.10. The minimum atomic E-state index is -0.196. The Morgan fingerprint density at radius 3 is 3.00 bits per heavy atom. The molecular formula is C9H16N4OS2. The number of nitrogens with zero attached hydrogens (tertiary/aromatic N) is 1. The summed E-state index contributed by atoms with van der Waals surface area (Å²) in [5, 5.41) is 6.49. The molecule has 0 fully saturated rings. The first-order chi connectivity index (χ1) is 7.70. The lowest BCUT2D eigenvalue weighted by atomic mass is 10.3. The molecule has 7 heteroatoms. The Balaban J connectivity index is 2.62. The molecule has 1 amide bonds. The van der Waals surface area contributed by atoms with Crippen molar-refractivity contribution in [3.63, 3.8) is 0 Å². The number of carbonyl (C=O) groups is 1. The topological polar surface area (TPSA) is 80.0 Å². The van der Waals surface area contributed by atoms with Crippen molar-refractivity contribution >= 4 is 40.0 Å². The molecule has 1 heterocycles. The van der Waals surface area contributed by atoms with Crippen molar-refractivity contribution in [2.75, 3.05) is 36.7 Å². The molecule has 0 aliphatic heterocycles. The van der Waals surface area contributed by atoms with Crippen molar-refractivity contribution in [2.45, 2.75) is 6.42 Å². The Hall–Kier alpha value is -0.950. The Morgan fingerprint density at radius 2 is 2.38 bits per heavy atom. The van der Waals surface area contributed by atoms with Gasteiger partial charge in [-0.2, -0.15) is 16.1 Å². The number of anilines is 2. The van der Waals surface area contributed by atoms with E-state index in [4.69, 9.17) is 5.73 Å². The van der Waals surface area contributed by atoms with E-state index in [-0.39, 0.29) is 11.7 Å². The average Bonchev–Trinajstić information content (AvgIpc) is 2.65. The first kappa shape index (κ1) is 13.1. The van der Waals surface area contributed by atoms with Gasteiger partial charge in [0.2, 0.25) is 0 Å². The minimum absolute atomic E-state index is 0.196. The lowest BCUT2D eigenvalue weighted by Crippen LogP contribution is -2.20. The molecule has 16 heavy (non-hydrogen) atoms. The predicted octanol–water partition coefficient (Wildman–Crippen LogP) is 1.25. The number of hydrogen-bond acceptors (Lipinski definition) is 6. The van der Waals surface area contributed by atoms with Crippen LogP contribution in [-0.4, -0.2) is 35.9 Å². The smallest absolute Gasteiger partial charge is 0.257 e. The summed E-state index contributed by atoms with van der Waals surface area (Å²) < 4.78 is 3.98. The van der Waals surface area contributed by atoms with Gasteiger partial charge in [-0.1, -0.05) is 0 Å². The Labute approximate surface area is 103 Å². The third kappa shape index (κ3) is 3.28. The van der Waals surface area contributed by atoms with Gasteiger partial charge in [-0.25, -0.2) is 0 Å². The average molecular weight is 260 g/mol. The van der Waals surface area contributed by atoms with E-state index in [0.717, 1.165) is 23.7 Å². The molecule has 4 N–H and O–H groups in total. The van der Waals surface area contributed by atoms with E-state index in [1.165, 1.54) is 11.5 Å². The van der Waals surface area contributed by atoms with Crippen LogP contribution in [0.3, 0.4) is 0 Å². The summed E-state index contributed by atoms with van der Waals surface area (Å²) >= 11 is 3.02. The highest BCUT2D eigenvalue weighted by atomic mass is 32.2. The number of thioether (sulfide) groups is 1. The monoisotopic (exact) mass is 260 g/mol. The quantitative estimate of drug-likeness (QED) is 0.671. The van der Waals surface area contributed by atoms with E-state index in [9.17, 15) is 4.79 Å². The van der Waals surface area contributed by atoms with E-state index >= 15 is 0 Å². The molecule has 90 valence electrons. The van der Waals surface area contributed by atoms with Crippen LogP contribution in [0.1, 0.15) is 16.8 Å². The summed E-state index contributed by atoms with van der Waals surface area (Å²) in [6.07, 6.45) is 3.12. The molecule has 0 unspecified atom stereocenters. The van der Waals surface area contributed by atoms with Crippen LogP contribution in [0.15, 0.2) is 0 Å². The number of hydrogen-bond donors (Lipinski definition) is 3. The van der Waals surface area contributed by atoms with E-state index < -0.39 is 0 Å². The predicted molar refractivity (Wildman–Crippen MR) is 71.4 cm³/mol. The fourth-order valence-electron chi connectivity index (χ4n) is 1.19. The first-order valence-corrected chi connectivity index (χ1v) is 7.07. The van der Waals surface area contributed by atoms with Gasteiger partial charge in [0.15, 0.2) is 5.82 Å². The SMILES string of the molecule is CNC(=O)c1c(N)nsc1NCCCSC. The third-order valence-electron chi connectivity index (χ3n) is 1.98. The van der Waals surface area contributed by atoms with Crippen LogP contribution in [0.25, 0.3) is 0 Å². The van der Waals surface area contributed by atoms with Gasteiger partial charge in [0.05, 0.1) is 0 Å². The molecule has 0 spiro atoms. The molecule has 1 aromatic heterocycles. The zero-order chi connectivity index (χ0) is 12.0. The van der Waals surface area contributed by atoms with Crippen LogP contribution in [0.5, 0.6) is 0 Å². The fraction of sp³-hybridized carbons (Fsp3) is 0.556. The van der Waals surface area contributed by atoms with Gasteiger partial charge in [-0.05, 0) is 30.0 Å². The second-order valence-corrected chi connectivity index (χ2v) is 4.88. The van der Waals surface area contributed by atoms with Gasteiger partial charge in [0.1, 0.15) is 10.6 Å². The zero-order valence-corrected chi connectivity index (χ0v) is 11.0. The van der Waals surface area contributed by atoms with Gasteiger partial charge < -0.3 is 16.4 Å². The van der Waals surface area contributed by atoms with Crippen LogP contribution in [0.2, 0.25) is 0 Å². The van der Waals surface area contributed by atoms with Crippen molar-refractivity contribution in [1.82, 2.24) is 9.69 Å². The molecule has 1 rings (SSSR count). The van der Waals surface area contributed by atoms with E-state index in [1.807, 2.05) is 0 Å². The van der Waals surface area contributed by atoms with Crippen molar-refractivity contribution in [1.29, 1.82) is 0 Å². The second kappa shape index (κ2) is 6.59. The number of amides is 1. The van der Waals surface area contributed by atoms with E-state index in [0.29, 0.717) is 5.56 Å². The Morgan fingerprint density at radius 1 is 1.62 bits per heavy atom. The summed E-state index contributed by atoms with van der Waals surface area (Å²) in [6.45, 7) is 0.826. The largest absolute Gasteiger partial charge is 0.382 e. The zero-order valence-electron chi connectivity index (χ0n) is 9.37. The maximum absolute atomic E-state index is 11.5. The molecule has 0 aliphatic carbocycles. The van der Waals surface area contributed by atoms with Gasteiger partial charge in [-0.15, -0.1) is 0 Å². The maximum Gasteiger partial charge on any atom is 0.257 e. The number of aromatic nitrogens is 1. The molecule has 5 nitrogen and oxygen atoms in total. The van der Waals surface area contributed by atoms with Crippen molar-refractivity contribution in [3.05, 3.63) is 5.56 Å². The molecule has 0 saturated carbocycles. The number of nitrogen functional groups attached to an aromatic ring is 1. The lowest BCUT2D eigenvalue weighted by molar-refractivity contribution is 0.0965. The highest BCUT2D eigenvalue weighted by Gasteiger charge is 2.17. The van der Waals surface area contributed by atoms with Crippen LogP contribution < -0.4 is 16.4 Å². The van der Waals surface area contributed by atoms with Gasteiger partial charge in [-0.3, -0.25) is 4.79 Å². The molecule has 0 aromatic carbocycles. The standard InChI is InChI=1S/C9H16N4OS2/c1-11-8(14)6-7(10)13-16-9(6)12-4-3-5-15-2/h12H,3-5H2,1-2H3,(H2,10,13)(H,11,14). The molecule has 0 aliphatic rings. The molecule has 0 atom stereocenters. The van der Waals surface area contributed by atoms with Crippen LogP contribution in [-0.2, 0) is 0 Å². The molecule has 0 bridgehead atoms. The Bertz CT molecular complexity index is 353. The number of carbonyl (C=O) groups excluding carboxylic acids is 1. The molecular weight excluding hydrogens is 244 g/mol. The van der Waals surface area contributed by atoms with Crippen LogP contribution in [0, 0.1) is 0 Å². The minimum Gasteiger partial charge on any atom is -0.382 e. The summed E-state index contributed by atoms with van der Waals surface area (Å²) in [7, 11) is 1.58. The fourth-order valence-corrected chi connectivity index (χ4v) is 2.36. The highest BCUT2D eigenvalue weighted by Crippen LogP contribution is 2.26. The number of nitrogens with two attached hydrogens (primary N) is 1. The molecule has 0 saturated heterocycles. The summed E-state index contributed by atoms with van der Waals surface area (Å²) in [5.74, 6) is 1.19. The third-order valence-corrected chi connectivity index (χ3v) is 3.50. The molecule has 0 radical (unpaired) electrons. The van der Waals surface area contributed by atoms with Gasteiger partial charge in [0, 0.05) is 13.6 Å². The lowest BCUT2D eigenvalue weighted by Gasteiger charge is -2.05. The van der Waals surface area contributed by atoms with E-state index in [2.05, 4.69) is 21.3 Å². The Kier molecular flexibility index (Phi) is 5.41. The van der Waals surface area contributed by atoms with Crippen LogP contribution in [0.4, 0.5) is 10.8 Å². The van der Waals surface area contributed by atoms with Gasteiger partial charge >= 0.3 is 0 Å². The van der Waals surface area contributed by atoms with Crippen molar-refractivity contribution < 1.29 is 4.79 Å². The van der Waals surface area contributed by atoms with Crippen molar-refractivity contribution in [3.8, 4) is 0 Å². The van der Waals surface area contributed by atoms with Crippen molar-refractivity contribution in [2.24, 2.45) is 0 Å². The van der Waals surface area contributed by atoms with E-state index in [1.54, 1.807) is 18.8 Å². The normalized spacial score (nSPS) is 10.1. The highest BCUT2D eigenvalue weighted by molar-refractivity contribution is 7.98. The first-order valence-electron chi connectivity index (χ1n) is 4.90. The summed E-state index contributed by atoms with van der Waals surface area (Å²) in [4.78, 5) is 11.5. The number of rotatable bonds is 6. The van der Waals surface area contributed by atoms with Crippen LogP contribution >= 0.6 is 23.3 Å². The number of nitrogens with one attached hydrogen (secondary N) is 2. The second-order valence-electron chi connectivity index (χ2n) is 3.12.